The molecule has 0 radical (unpaired) electrons. The molecule has 0 bridgehead atoms. The third-order valence-electron chi connectivity index (χ3n) is 3.95. The van der Waals surface area contributed by atoms with Gasteiger partial charge >= 0.3 is 5.97 Å². The van der Waals surface area contributed by atoms with Crippen molar-refractivity contribution in [1.29, 1.82) is 0 Å². The molecule has 0 saturated heterocycles. The molecule has 2 aromatic heterocycles. The third kappa shape index (κ3) is 3.65. The number of benzene rings is 1. The molecule has 0 atom stereocenters. The number of amides is 1. The molecule has 0 saturated carbocycles. The summed E-state index contributed by atoms with van der Waals surface area (Å²) in [6, 6.07) is 6.79. The topological polar surface area (TPSA) is 104 Å². The first-order chi connectivity index (χ1) is 12.3. The Balaban J connectivity index is 1.85. The van der Waals surface area contributed by atoms with Crippen LogP contribution < -0.4 is 10.6 Å². The minimum absolute atomic E-state index is 0.392. The lowest BCUT2D eigenvalue weighted by molar-refractivity contribution is -0.135. The van der Waals surface area contributed by atoms with E-state index in [2.05, 4.69) is 27.5 Å². The van der Waals surface area contributed by atoms with Crippen LogP contribution in [0, 0.1) is 20.8 Å². The number of rotatable bonds is 5. The molecule has 0 unspecified atom stereocenters. The molecule has 2 heterocycles. The summed E-state index contributed by atoms with van der Waals surface area (Å²) in [5.74, 6) is -0.0897. The van der Waals surface area contributed by atoms with Gasteiger partial charge in [0.1, 0.15) is 23.0 Å². The average molecular weight is 370 g/mol. The van der Waals surface area contributed by atoms with Crippen LogP contribution >= 0.6 is 11.3 Å². The van der Waals surface area contributed by atoms with E-state index in [1.807, 2.05) is 13.8 Å². The molecule has 3 N–H and O–H groups in total. The summed E-state index contributed by atoms with van der Waals surface area (Å²) in [4.78, 5) is 33.6. The van der Waals surface area contributed by atoms with E-state index in [4.69, 9.17) is 5.11 Å². The number of nitrogens with zero attached hydrogens (tertiary/aromatic N) is 2. The lowest BCUT2D eigenvalue weighted by Crippen LogP contribution is -2.29. The highest BCUT2D eigenvalue weighted by atomic mass is 32.1. The Hall–Kier alpha value is -3.00. The predicted octanol–water partition coefficient (Wildman–Crippen LogP) is 3.17. The lowest BCUT2D eigenvalue weighted by atomic mass is 10.1. The fourth-order valence-corrected chi connectivity index (χ4v) is 3.62. The Morgan fingerprint density at radius 3 is 2.46 bits per heavy atom. The number of fused-ring (bicyclic) bond motifs is 1. The van der Waals surface area contributed by atoms with Gasteiger partial charge in [0.05, 0.1) is 5.39 Å². The van der Waals surface area contributed by atoms with Crippen LogP contribution in [0.25, 0.3) is 10.2 Å². The van der Waals surface area contributed by atoms with Gasteiger partial charge in [-0.3, -0.25) is 9.59 Å². The van der Waals surface area contributed by atoms with Crippen molar-refractivity contribution < 1.29 is 14.7 Å². The molecule has 0 aliphatic heterocycles. The summed E-state index contributed by atoms with van der Waals surface area (Å²) in [6.45, 7) is 5.55. The average Bonchev–Trinajstić information content (AvgIpc) is 2.87. The number of aryl methyl sites for hydroxylation is 3. The van der Waals surface area contributed by atoms with E-state index in [9.17, 15) is 9.59 Å². The first-order valence-electron chi connectivity index (χ1n) is 7.96. The number of aromatic nitrogens is 2. The normalized spacial score (nSPS) is 10.7. The standard InChI is InChI=1S/C18H18N4O3S/c1-9-10(2)26-18-15(9)16(20-11(3)21-18)22-13-6-4-12(5-7-13)17(25)19-8-14(23)24/h4-7H,8H2,1-3H3,(H,19,25)(H,23,24)(H,20,21,22). The largest absolute Gasteiger partial charge is 0.480 e. The van der Waals surface area contributed by atoms with Crippen LogP contribution in [-0.4, -0.2) is 33.5 Å². The first kappa shape index (κ1) is 17.8. The van der Waals surface area contributed by atoms with E-state index < -0.39 is 18.4 Å². The quantitative estimate of drug-likeness (QED) is 0.637. The van der Waals surface area contributed by atoms with E-state index in [0.29, 0.717) is 11.4 Å². The molecule has 8 heteroatoms. The smallest absolute Gasteiger partial charge is 0.322 e. The van der Waals surface area contributed by atoms with Gasteiger partial charge in [-0.05, 0) is 50.6 Å². The molecule has 26 heavy (non-hydrogen) atoms. The zero-order valence-corrected chi connectivity index (χ0v) is 15.4. The van der Waals surface area contributed by atoms with Gasteiger partial charge in [0.2, 0.25) is 0 Å². The Labute approximate surface area is 154 Å². The van der Waals surface area contributed by atoms with Crippen molar-refractivity contribution in [2.75, 3.05) is 11.9 Å². The van der Waals surface area contributed by atoms with Crippen LogP contribution in [0.3, 0.4) is 0 Å². The van der Waals surface area contributed by atoms with Crippen molar-refractivity contribution in [2.24, 2.45) is 0 Å². The molecule has 0 fully saturated rings. The third-order valence-corrected chi connectivity index (χ3v) is 5.05. The van der Waals surface area contributed by atoms with Crippen molar-refractivity contribution >= 4 is 44.9 Å². The molecule has 0 spiro atoms. The zero-order chi connectivity index (χ0) is 18.8. The van der Waals surface area contributed by atoms with Gasteiger partial charge in [-0.15, -0.1) is 11.3 Å². The van der Waals surface area contributed by atoms with Gasteiger partial charge in [0.15, 0.2) is 0 Å². The van der Waals surface area contributed by atoms with Gasteiger partial charge in [-0.2, -0.15) is 0 Å². The monoisotopic (exact) mass is 370 g/mol. The van der Waals surface area contributed by atoms with Gasteiger partial charge in [0.25, 0.3) is 5.91 Å². The summed E-state index contributed by atoms with van der Waals surface area (Å²) in [7, 11) is 0. The molecule has 0 aliphatic rings. The van der Waals surface area contributed by atoms with E-state index >= 15 is 0 Å². The molecule has 1 amide bonds. The molecule has 134 valence electrons. The number of carbonyl (C=O) groups is 2. The van der Waals surface area contributed by atoms with Crippen LogP contribution in [0.1, 0.15) is 26.6 Å². The lowest BCUT2D eigenvalue weighted by Gasteiger charge is -2.09. The van der Waals surface area contributed by atoms with Crippen LogP contribution in [0.5, 0.6) is 0 Å². The maximum atomic E-state index is 11.9. The summed E-state index contributed by atoms with van der Waals surface area (Å²) in [6.07, 6.45) is 0. The number of nitrogens with one attached hydrogen (secondary N) is 2. The van der Waals surface area contributed by atoms with Crippen molar-refractivity contribution in [1.82, 2.24) is 15.3 Å². The predicted molar refractivity (Wildman–Crippen MR) is 101 cm³/mol. The minimum Gasteiger partial charge on any atom is -0.480 e. The van der Waals surface area contributed by atoms with Gasteiger partial charge in [-0.25, -0.2) is 9.97 Å². The van der Waals surface area contributed by atoms with E-state index in [1.54, 1.807) is 35.6 Å². The van der Waals surface area contributed by atoms with Crippen molar-refractivity contribution in [3.63, 3.8) is 0 Å². The number of carboxylic acid groups (broad SMARTS) is 1. The van der Waals surface area contributed by atoms with Crippen molar-refractivity contribution in [3.8, 4) is 0 Å². The second-order valence-electron chi connectivity index (χ2n) is 5.86. The Morgan fingerprint density at radius 1 is 1.12 bits per heavy atom. The Kier molecular flexibility index (Phi) is 4.85. The number of anilines is 2. The minimum atomic E-state index is -1.08. The molecule has 0 aliphatic carbocycles. The summed E-state index contributed by atoms with van der Waals surface area (Å²) in [5.41, 5.74) is 2.32. The zero-order valence-electron chi connectivity index (χ0n) is 14.6. The number of thiophene rings is 1. The fourth-order valence-electron chi connectivity index (χ4n) is 2.55. The number of carboxylic acids is 1. The molecule has 3 aromatic rings. The van der Waals surface area contributed by atoms with E-state index in [1.165, 1.54) is 4.88 Å². The highest BCUT2D eigenvalue weighted by molar-refractivity contribution is 7.18. The van der Waals surface area contributed by atoms with Crippen LogP contribution in [0.4, 0.5) is 11.5 Å². The fraction of sp³-hybridized carbons (Fsp3) is 0.222. The molecule has 1 aromatic carbocycles. The maximum absolute atomic E-state index is 11.9. The van der Waals surface area contributed by atoms with E-state index in [0.717, 1.165) is 27.3 Å². The highest BCUT2D eigenvalue weighted by Gasteiger charge is 2.14. The number of hydrogen-bond acceptors (Lipinski definition) is 6. The Morgan fingerprint density at radius 2 is 1.81 bits per heavy atom. The summed E-state index contributed by atoms with van der Waals surface area (Å²) in [5, 5.41) is 15.2. The van der Waals surface area contributed by atoms with Crippen LogP contribution in [-0.2, 0) is 4.79 Å². The number of carbonyl (C=O) groups excluding carboxylic acids is 1. The maximum Gasteiger partial charge on any atom is 0.322 e. The second kappa shape index (κ2) is 7.09. The van der Waals surface area contributed by atoms with Crippen molar-refractivity contribution in [3.05, 3.63) is 46.1 Å². The van der Waals surface area contributed by atoms with Gasteiger partial charge < -0.3 is 15.7 Å². The highest BCUT2D eigenvalue weighted by Crippen LogP contribution is 2.34. The number of hydrogen-bond donors (Lipinski definition) is 3. The van der Waals surface area contributed by atoms with Crippen molar-refractivity contribution in [2.45, 2.75) is 20.8 Å². The molecular weight excluding hydrogens is 352 g/mol. The molecular formula is C18H18N4O3S. The molecule has 3 rings (SSSR count). The first-order valence-corrected chi connectivity index (χ1v) is 8.78. The van der Waals surface area contributed by atoms with Gasteiger partial charge in [-0.1, -0.05) is 0 Å². The summed E-state index contributed by atoms with van der Waals surface area (Å²) < 4.78 is 0. The number of aliphatic carboxylic acids is 1. The van der Waals surface area contributed by atoms with Crippen LogP contribution in [0.15, 0.2) is 24.3 Å². The van der Waals surface area contributed by atoms with Gasteiger partial charge in [0, 0.05) is 16.1 Å². The Bertz CT molecular complexity index is 996. The van der Waals surface area contributed by atoms with E-state index in [-0.39, 0.29) is 0 Å². The summed E-state index contributed by atoms with van der Waals surface area (Å²) >= 11 is 1.64. The second-order valence-corrected chi connectivity index (χ2v) is 7.06. The SMILES string of the molecule is Cc1nc(Nc2ccc(C(=O)NCC(=O)O)cc2)c2c(C)c(C)sc2n1. The molecule has 7 nitrogen and oxygen atoms in total. The van der Waals surface area contributed by atoms with Crippen LogP contribution in [0.2, 0.25) is 0 Å².